The minimum absolute atomic E-state index is 0.317. The van der Waals surface area contributed by atoms with Gasteiger partial charge >= 0.3 is 6.18 Å². The zero-order valence-electron chi connectivity index (χ0n) is 9.97. The van der Waals surface area contributed by atoms with Crippen LogP contribution in [-0.4, -0.2) is 32.3 Å². The Hall–Kier alpha value is -1.63. The summed E-state index contributed by atoms with van der Waals surface area (Å²) >= 11 is 5.86. The molecule has 0 saturated heterocycles. The maximum absolute atomic E-state index is 11.9. The van der Waals surface area contributed by atoms with Crippen molar-refractivity contribution in [1.82, 2.24) is 5.32 Å². The van der Waals surface area contributed by atoms with E-state index in [0.29, 0.717) is 16.5 Å². The number of carbonyl (C=O) groups excluding carboxylic acids is 1. The topological polar surface area (TPSA) is 50.4 Å². The van der Waals surface area contributed by atoms with Gasteiger partial charge in [-0.2, -0.15) is 13.2 Å². The number of halogens is 4. The smallest absolute Gasteiger partial charge is 0.405 e. The number of hydrogen-bond donors (Lipinski definition) is 2. The molecule has 1 amide bonds. The molecule has 2 N–H and O–H groups in total. The molecule has 0 radical (unpaired) electrons. The summed E-state index contributed by atoms with van der Waals surface area (Å²) in [7, 11) is 1.46. The molecule has 0 saturated carbocycles. The molecule has 0 spiro atoms. The zero-order chi connectivity index (χ0) is 14.5. The van der Waals surface area contributed by atoms with Crippen LogP contribution >= 0.6 is 11.6 Å². The van der Waals surface area contributed by atoms with E-state index in [9.17, 15) is 18.0 Å². The Morgan fingerprint density at radius 2 is 2.11 bits per heavy atom. The summed E-state index contributed by atoms with van der Waals surface area (Å²) in [6.45, 7) is -1.68. The largest absolute Gasteiger partial charge is 0.497 e. The van der Waals surface area contributed by atoms with Crippen molar-refractivity contribution in [3.63, 3.8) is 0 Å². The first-order chi connectivity index (χ1) is 8.81. The van der Waals surface area contributed by atoms with Crippen LogP contribution in [0, 0.1) is 0 Å². The van der Waals surface area contributed by atoms with Crippen molar-refractivity contribution >= 4 is 23.2 Å². The van der Waals surface area contributed by atoms with Crippen molar-refractivity contribution in [2.24, 2.45) is 0 Å². The zero-order valence-corrected chi connectivity index (χ0v) is 10.7. The lowest BCUT2D eigenvalue weighted by Crippen LogP contribution is -2.37. The molecule has 0 unspecified atom stereocenters. The lowest BCUT2D eigenvalue weighted by molar-refractivity contribution is -0.137. The fraction of sp³-hybridized carbons (Fsp3) is 0.364. The van der Waals surface area contributed by atoms with E-state index in [0.717, 1.165) is 0 Å². The van der Waals surface area contributed by atoms with E-state index >= 15 is 0 Å². The fourth-order valence-corrected chi connectivity index (χ4v) is 1.39. The van der Waals surface area contributed by atoms with Gasteiger partial charge < -0.3 is 15.4 Å². The maximum Gasteiger partial charge on any atom is 0.405 e. The van der Waals surface area contributed by atoms with E-state index in [4.69, 9.17) is 16.3 Å². The van der Waals surface area contributed by atoms with Gasteiger partial charge in [0, 0.05) is 6.07 Å². The van der Waals surface area contributed by atoms with E-state index in [1.807, 2.05) is 0 Å². The van der Waals surface area contributed by atoms with E-state index in [2.05, 4.69) is 5.32 Å². The summed E-state index contributed by atoms with van der Waals surface area (Å²) in [4.78, 5) is 11.2. The van der Waals surface area contributed by atoms with Gasteiger partial charge in [0.15, 0.2) is 0 Å². The summed E-state index contributed by atoms with van der Waals surface area (Å²) in [5, 5.41) is 4.71. The van der Waals surface area contributed by atoms with E-state index in [1.165, 1.54) is 7.11 Å². The van der Waals surface area contributed by atoms with Crippen molar-refractivity contribution in [2.45, 2.75) is 6.18 Å². The second-order valence-corrected chi connectivity index (χ2v) is 4.00. The molecule has 0 aliphatic heterocycles. The number of carbonyl (C=O) groups is 1. The predicted molar refractivity (Wildman–Crippen MR) is 65.6 cm³/mol. The average molecular weight is 297 g/mol. The van der Waals surface area contributed by atoms with Crippen molar-refractivity contribution < 1.29 is 22.7 Å². The van der Waals surface area contributed by atoms with Gasteiger partial charge in [-0.1, -0.05) is 11.6 Å². The highest BCUT2D eigenvalue weighted by Gasteiger charge is 2.27. The van der Waals surface area contributed by atoms with Crippen LogP contribution in [0.4, 0.5) is 18.9 Å². The van der Waals surface area contributed by atoms with Gasteiger partial charge in [0.25, 0.3) is 0 Å². The highest BCUT2D eigenvalue weighted by Crippen LogP contribution is 2.26. The third-order valence-corrected chi connectivity index (χ3v) is 2.43. The van der Waals surface area contributed by atoms with Gasteiger partial charge in [0.1, 0.15) is 12.3 Å². The normalized spacial score (nSPS) is 11.0. The Labute approximate surface area is 112 Å². The quantitative estimate of drug-likeness (QED) is 0.877. The number of benzene rings is 1. The molecule has 0 bridgehead atoms. The Morgan fingerprint density at radius 3 is 2.68 bits per heavy atom. The summed E-state index contributed by atoms with van der Waals surface area (Å²) in [6.07, 6.45) is -4.43. The van der Waals surface area contributed by atoms with Gasteiger partial charge in [-0.25, -0.2) is 0 Å². The average Bonchev–Trinajstić information content (AvgIpc) is 2.34. The lowest BCUT2D eigenvalue weighted by Gasteiger charge is -2.11. The third kappa shape index (κ3) is 5.69. The molecular formula is C11H12ClF3N2O2. The maximum atomic E-state index is 11.9. The molecule has 0 heterocycles. The molecule has 4 nitrogen and oxygen atoms in total. The standard InChI is InChI=1S/C11H12ClF3N2O2/c1-19-7-2-3-8(12)9(4-7)16-5-10(18)17-6-11(13,14)15/h2-4,16H,5-6H2,1H3,(H,17,18). The highest BCUT2D eigenvalue weighted by molar-refractivity contribution is 6.33. The van der Waals surface area contributed by atoms with E-state index in [-0.39, 0.29) is 6.54 Å². The van der Waals surface area contributed by atoms with Gasteiger partial charge in [-0.3, -0.25) is 4.79 Å². The number of anilines is 1. The SMILES string of the molecule is COc1ccc(Cl)c(NCC(=O)NCC(F)(F)F)c1. The van der Waals surface area contributed by atoms with Crippen LogP contribution in [0.3, 0.4) is 0 Å². The molecule has 0 atom stereocenters. The van der Waals surface area contributed by atoms with Crippen LogP contribution in [0.1, 0.15) is 0 Å². The monoisotopic (exact) mass is 296 g/mol. The molecule has 1 aromatic rings. The molecule has 19 heavy (non-hydrogen) atoms. The molecular weight excluding hydrogens is 285 g/mol. The summed E-state index contributed by atoms with van der Waals surface area (Å²) in [5.41, 5.74) is 0.406. The molecule has 106 valence electrons. The Kier molecular flexibility index (Phi) is 5.29. The van der Waals surface area contributed by atoms with Crippen LogP contribution in [0.2, 0.25) is 5.02 Å². The first-order valence-electron chi connectivity index (χ1n) is 5.22. The summed E-state index contributed by atoms with van der Waals surface area (Å²) in [6, 6.07) is 4.72. The van der Waals surface area contributed by atoms with Crippen LogP contribution in [0.15, 0.2) is 18.2 Å². The number of alkyl halides is 3. The second-order valence-electron chi connectivity index (χ2n) is 3.59. The Balaban J connectivity index is 2.50. The number of ether oxygens (including phenoxy) is 1. The Bertz CT molecular complexity index is 452. The van der Waals surface area contributed by atoms with Crippen molar-refractivity contribution in [3.05, 3.63) is 23.2 Å². The second kappa shape index (κ2) is 6.51. The number of amides is 1. The minimum Gasteiger partial charge on any atom is -0.497 e. The predicted octanol–water partition coefficient (Wildman–Crippen LogP) is 2.44. The van der Waals surface area contributed by atoms with Crippen LogP contribution < -0.4 is 15.4 Å². The lowest BCUT2D eigenvalue weighted by atomic mass is 10.3. The van der Waals surface area contributed by atoms with Gasteiger partial charge in [0.2, 0.25) is 5.91 Å². The molecule has 0 aliphatic rings. The van der Waals surface area contributed by atoms with Crippen LogP contribution in [0.25, 0.3) is 0 Å². The van der Waals surface area contributed by atoms with Crippen molar-refractivity contribution in [1.29, 1.82) is 0 Å². The molecule has 1 aromatic carbocycles. The first kappa shape index (κ1) is 15.4. The summed E-state index contributed by atoms with van der Waals surface area (Å²) < 4.78 is 40.6. The molecule has 0 fully saturated rings. The number of hydrogen-bond acceptors (Lipinski definition) is 3. The Morgan fingerprint density at radius 1 is 1.42 bits per heavy atom. The minimum atomic E-state index is -4.43. The van der Waals surface area contributed by atoms with Crippen LogP contribution in [-0.2, 0) is 4.79 Å². The van der Waals surface area contributed by atoms with Gasteiger partial charge in [-0.05, 0) is 12.1 Å². The highest BCUT2D eigenvalue weighted by atomic mass is 35.5. The number of nitrogens with one attached hydrogen (secondary N) is 2. The van der Waals surface area contributed by atoms with Gasteiger partial charge in [-0.15, -0.1) is 0 Å². The molecule has 8 heteroatoms. The first-order valence-corrected chi connectivity index (χ1v) is 5.60. The fourth-order valence-electron chi connectivity index (χ4n) is 1.20. The number of rotatable bonds is 5. The van der Waals surface area contributed by atoms with Crippen LogP contribution in [0.5, 0.6) is 5.75 Å². The molecule has 1 rings (SSSR count). The van der Waals surface area contributed by atoms with Gasteiger partial charge in [0.05, 0.1) is 24.4 Å². The van der Waals surface area contributed by atoms with Crippen molar-refractivity contribution in [2.75, 3.05) is 25.5 Å². The van der Waals surface area contributed by atoms with Crippen molar-refractivity contribution in [3.8, 4) is 5.75 Å². The molecule has 0 aliphatic carbocycles. The third-order valence-electron chi connectivity index (χ3n) is 2.10. The molecule has 0 aromatic heterocycles. The summed E-state index contributed by atoms with van der Waals surface area (Å²) in [5.74, 6) is -0.265. The van der Waals surface area contributed by atoms with E-state index < -0.39 is 18.6 Å². The van der Waals surface area contributed by atoms with E-state index in [1.54, 1.807) is 23.5 Å². The number of methoxy groups -OCH3 is 1.